The topological polar surface area (TPSA) is 82.6 Å². The first kappa shape index (κ1) is 22.3. The number of anilines is 1. The Morgan fingerprint density at radius 3 is 2.40 bits per heavy atom. The summed E-state index contributed by atoms with van der Waals surface area (Å²) < 4.78 is 38.2. The van der Waals surface area contributed by atoms with Crippen molar-refractivity contribution in [2.45, 2.75) is 38.3 Å². The predicted molar refractivity (Wildman–Crippen MR) is 103 cm³/mol. The van der Waals surface area contributed by atoms with Gasteiger partial charge in [-0.05, 0) is 25.3 Å². The average molecular weight is 447 g/mol. The van der Waals surface area contributed by atoms with E-state index in [9.17, 15) is 27.6 Å². The summed E-state index contributed by atoms with van der Waals surface area (Å²) in [4.78, 5) is 42.3. The van der Waals surface area contributed by atoms with Crippen molar-refractivity contribution in [2.24, 2.45) is 5.92 Å². The zero-order valence-electron chi connectivity index (χ0n) is 16.2. The smallest absolute Gasteiger partial charge is 0.356 e. The van der Waals surface area contributed by atoms with Crippen molar-refractivity contribution in [2.75, 3.05) is 31.1 Å². The zero-order chi connectivity index (χ0) is 21.9. The molecule has 0 bridgehead atoms. The standard InChI is InChI=1S/C19H22ClF3N4O3/c20-14-10-13(19(21,22)23)11-25-17(14)26-8-4-12(5-9-26)18(30)24-6-1-7-27-15(28)2-3-16(27)29/h10-12H,1-9H2,(H,24,30). The summed E-state index contributed by atoms with van der Waals surface area (Å²) in [6.45, 7) is 1.57. The molecule has 1 N–H and O–H groups in total. The van der Waals surface area contributed by atoms with Gasteiger partial charge in [-0.3, -0.25) is 19.3 Å². The molecule has 2 aliphatic rings. The number of imide groups is 1. The second-order valence-corrected chi connectivity index (χ2v) is 7.78. The van der Waals surface area contributed by atoms with Crippen LogP contribution in [-0.2, 0) is 20.6 Å². The van der Waals surface area contributed by atoms with Gasteiger partial charge in [0.15, 0.2) is 0 Å². The Hall–Kier alpha value is -2.36. The van der Waals surface area contributed by atoms with Crippen LogP contribution in [0.4, 0.5) is 19.0 Å². The lowest BCUT2D eigenvalue weighted by Gasteiger charge is -2.32. The molecule has 3 amide bonds. The molecule has 2 fully saturated rings. The quantitative estimate of drug-likeness (QED) is 0.536. The molecule has 0 unspecified atom stereocenters. The Morgan fingerprint density at radius 1 is 1.20 bits per heavy atom. The van der Waals surface area contributed by atoms with E-state index in [4.69, 9.17) is 11.6 Å². The summed E-state index contributed by atoms with van der Waals surface area (Å²) in [5.41, 5.74) is -0.900. The molecule has 3 heterocycles. The van der Waals surface area contributed by atoms with Gasteiger partial charge in [0.25, 0.3) is 0 Å². The monoisotopic (exact) mass is 446 g/mol. The molecule has 3 rings (SSSR count). The highest BCUT2D eigenvalue weighted by molar-refractivity contribution is 6.33. The van der Waals surface area contributed by atoms with E-state index >= 15 is 0 Å². The van der Waals surface area contributed by atoms with E-state index in [-0.39, 0.29) is 47.3 Å². The molecule has 0 aliphatic carbocycles. The molecule has 0 radical (unpaired) electrons. The highest BCUT2D eigenvalue weighted by atomic mass is 35.5. The Kier molecular flexibility index (Phi) is 6.84. The summed E-state index contributed by atoms with van der Waals surface area (Å²) in [6.07, 6.45) is -1.70. The first-order valence-electron chi connectivity index (χ1n) is 9.75. The molecule has 0 atom stereocenters. The van der Waals surface area contributed by atoms with Gasteiger partial charge in [-0.15, -0.1) is 0 Å². The Morgan fingerprint density at radius 2 is 1.83 bits per heavy atom. The number of amides is 3. The second kappa shape index (κ2) is 9.20. The number of halogens is 4. The number of pyridine rings is 1. The number of carbonyl (C=O) groups is 3. The number of likely N-dealkylation sites (tertiary alicyclic amines) is 1. The van der Waals surface area contributed by atoms with E-state index in [1.807, 2.05) is 0 Å². The van der Waals surface area contributed by atoms with Crippen molar-refractivity contribution >= 4 is 35.1 Å². The average Bonchev–Trinajstić information content (AvgIpc) is 3.02. The van der Waals surface area contributed by atoms with Crippen LogP contribution >= 0.6 is 11.6 Å². The first-order valence-corrected chi connectivity index (χ1v) is 10.1. The Balaban J connectivity index is 1.43. The van der Waals surface area contributed by atoms with Crippen LogP contribution in [0.2, 0.25) is 5.02 Å². The second-order valence-electron chi connectivity index (χ2n) is 7.37. The molecule has 30 heavy (non-hydrogen) atoms. The molecule has 2 aliphatic heterocycles. The van der Waals surface area contributed by atoms with Gasteiger partial charge in [0.05, 0.1) is 10.6 Å². The lowest BCUT2D eigenvalue weighted by atomic mass is 9.96. The summed E-state index contributed by atoms with van der Waals surface area (Å²) in [6, 6.07) is 0.860. The summed E-state index contributed by atoms with van der Waals surface area (Å²) >= 11 is 5.99. The van der Waals surface area contributed by atoms with Gasteiger partial charge in [-0.2, -0.15) is 13.2 Å². The van der Waals surface area contributed by atoms with E-state index < -0.39 is 11.7 Å². The third kappa shape index (κ3) is 5.21. The van der Waals surface area contributed by atoms with E-state index in [0.717, 1.165) is 12.3 Å². The van der Waals surface area contributed by atoms with Gasteiger partial charge in [-0.1, -0.05) is 11.6 Å². The Labute approximate surface area is 176 Å². The maximum Gasteiger partial charge on any atom is 0.417 e. The molecule has 11 heteroatoms. The molecular weight excluding hydrogens is 425 g/mol. The number of hydrogen-bond acceptors (Lipinski definition) is 5. The number of piperidine rings is 1. The van der Waals surface area contributed by atoms with Crippen molar-refractivity contribution in [1.82, 2.24) is 15.2 Å². The van der Waals surface area contributed by atoms with Crippen molar-refractivity contribution in [3.8, 4) is 0 Å². The third-order valence-electron chi connectivity index (χ3n) is 5.33. The van der Waals surface area contributed by atoms with E-state index in [0.29, 0.717) is 45.4 Å². The highest BCUT2D eigenvalue weighted by Gasteiger charge is 2.33. The van der Waals surface area contributed by atoms with Gasteiger partial charge in [0.1, 0.15) is 5.82 Å². The highest BCUT2D eigenvalue weighted by Crippen LogP contribution is 2.34. The minimum atomic E-state index is -4.50. The molecule has 7 nitrogen and oxygen atoms in total. The van der Waals surface area contributed by atoms with Crippen LogP contribution in [0.5, 0.6) is 0 Å². The molecule has 0 saturated carbocycles. The number of nitrogens with one attached hydrogen (secondary N) is 1. The van der Waals surface area contributed by atoms with Crippen LogP contribution in [0.3, 0.4) is 0 Å². The van der Waals surface area contributed by atoms with Crippen LogP contribution in [0.15, 0.2) is 12.3 Å². The van der Waals surface area contributed by atoms with Gasteiger partial charge >= 0.3 is 6.18 Å². The number of rotatable bonds is 6. The van der Waals surface area contributed by atoms with Crippen molar-refractivity contribution < 1.29 is 27.6 Å². The van der Waals surface area contributed by atoms with Crippen molar-refractivity contribution in [3.63, 3.8) is 0 Å². The molecule has 0 spiro atoms. The van der Waals surface area contributed by atoms with Crippen LogP contribution < -0.4 is 10.2 Å². The van der Waals surface area contributed by atoms with E-state index in [1.165, 1.54) is 4.90 Å². The number of hydrogen-bond donors (Lipinski definition) is 1. The first-order chi connectivity index (χ1) is 14.2. The SMILES string of the molecule is O=C(NCCCN1C(=O)CCC1=O)C1CCN(c2ncc(C(F)(F)F)cc2Cl)CC1. The Bertz CT molecular complexity index is 810. The van der Waals surface area contributed by atoms with Gasteiger partial charge < -0.3 is 10.2 Å². The van der Waals surface area contributed by atoms with Crippen molar-refractivity contribution in [3.05, 3.63) is 22.8 Å². The maximum absolute atomic E-state index is 12.7. The number of nitrogens with zero attached hydrogens (tertiary/aromatic N) is 3. The lowest BCUT2D eigenvalue weighted by Crippen LogP contribution is -2.41. The summed E-state index contributed by atoms with van der Waals surface area (Å²) in [7, 11) is 0. The zero-order valence-corrected chi connectivity index (χ0v) is 16.9. The molecule has 1 aromatic heterocycles. The third-order valence-corrected chi connectivity index (χ3v) is 5.61. The fourth-order valence-corrected chi connectivity index (χ4v) is 3.92. The van der Waals surface area contributed by atoms with Crippen LogP contribution in [0.25, 0.3) is 0 Å². The van der Waals surface area contributed by atoms with Gasteiger partial charge in [0.2, 0.25) is 17.7 Å². The molecule has 1 aromatic rings. The number of carbonyl (C=O) groups excluding carboxylic acids is 3. The molecular formula is C19H22ClF3N4O3. The minimum absolute atomic E-state index is 0.0706. The molecule has 2 saturated heterocycles. The van der Waals surface area contributed by atoms with Crippen LogP contribution in [0.1, 0.15) is 37.7 Å². The van der Waals surface area contributed by atoms with Crippen molar-refractivity contribution in [1.29, 1.82) is 0 Å². The summed E-state index contributed by atoms with van der Waals surface area (Å²) in [5.74, 6) is -0.392. The predicted octanol–water partition coefficient (Wildman–Crippen LogP) is 2.63. The largest absolute Gasteiger partial charge is 0.417 e. The van der Waals surface area contributed by atoms with E-state index in [1.54, 1.807) is 4.90 Å². The lowest BCUT2D eigenvalue weighted by molar-refractivity contribution is -0.139. The van der Waals surface area contributed by atoms with Gasteiger partial charge in [0, 0.05) is 51.1 Å². The fourth-order valence-electron chi connectivity index (χ4n) is 3.64. The van der Waals surface area contributed by atoms with Crippen LogP contribution in [-0.4, -0.2) is 53.8 Å². The normalized spacial score (nSPS) is 18.3. The van der Waals surface area contributed by atoms with E-state index in [2.05, 4.69) is 10.3 Å². The maximum atomic E-state index is 12.7. The van der Waals surface area contributed by atoms with Crippen LogP contribution in [0, 0.1) is 5.92 Å². The molecule has 0 aromatic carbocycles. The summed E-state index contributed by atoms with van der Waals surface area (Å²) in [5, 5.41) is 2.75. The minimum Gasteiger partial charge on any atom is -0.356 e. The fraction of sp³-hybridized carbons (Fsp3) is 0.579. The molecule has 164 valence electrons. The number of alkyl halides is 3. The van der Waals surface area contributed by atoms with Gasteiger partial charge in [-0.25, -0.2) is 4.98 Å². The number of aromatic nitrogens is 1.